The van der Waals surface area contributed by atoms with Crippen molar-refractivity contribution in [2.75, 3.05) is 13.2 Å². The molecule has 21 heavy (non-hydrogen) atoms. The van der Waals surface area contributed by atoms with Gasteiger partial charge in [0.2, 0.25) is 0 Å². The highest BCUT2D eigenvalue weighted by Crippen LogP contribution is 2.44. The molecule has 0 bridgehead atoms. The van der Waals surface area contributed by atoms with E-state index in [4.69, 9.17) is 14.9 Å². The molecule has 0 spiro atoms. The van der Waals surface area contributed by atoms with Gasteiger partial charge in [0.1, 0.15) is 6.61 Å². The summed E-state index contributed by atoms with van der Waals surface area (Å²) in [7, 11) is 0. The van der Waals surface area contributed by atoms with Crippen LogP contribution in [0.5, 0.6) is 0 Å². The van der Waals surface area contributed by atoms with Gasteiger partial charge in [-0.25, -0.2) is 14.6 Å². The van der Waals surface area contributed by atoms with Crippen LogP contribution in [0.4, 0.5) is 0 Å². The third-order valence-electron chi connectivity index (χ3n) is 3.50. The molecule has 116 valence electrons. The Bertz CT molecular complexity index is 424. The lowest BCUT2D eigenvalue weighted by atomic mass is 10.1. The molecule has 3 rings (SSSR count). The number of aliphatic carboxylic acids is 2. The van der Waals surface area contributed by atoms with E-state index < -0.39 is 11.9 Å². The summed E-state index contributed by atoms with van der Waals surface area (Å²) in [5, 5.41) is 19.1. The zero-order valence-corrected chi connectivity index (χ0v) is 11.7. The van der Waals surface area contributed by atoms with Crippen LogP contribution in [0.2, 0.25) is 0 Å². The first-order valence-electron chi connectivity index (χ1n) is 7.14. The second-order valence-electron chi connectivity index (χ2n) is 5.39. The topological polar surface area (TPSA) is 108 Å². The Morgan fingerprint density at radius 3 is 2.00 bits per heavy atom. The van der Waals surface area contributed by atoms with E-state index in [0.717, 1.165) is 31.0 Å². The van der Waals surface area contributed by atoms with E-state index in [1.165, 1.54) is 25.7 Å². The third-order valence-corrected chi connectivity index (χ3v) is 3.50. The van der Waals surface area contributed by atoms with Crippen LogP contribution in [0.3, 0.4) is 0 Å². The number of amidine groups is 1. The van der Waals surface area contributed by atoms with Crippen molar-refractivity contribution in [1.29, 1.82) is 0 Å². The highest BCUT2D eigenvalue weighted by Gasteiger charge is 2.42. The second-order valence-corrected chi connectivity index (χ2v) is 5.39. The van der Waals surface area contributed by atoms with Crippen LogP contribution in [-0.2, 0) is 14.3 Å². The molecule has 0 aromatic carbocycles. The molecular formula is C14H20N2O5. The SMILES string of the molecule is C1COC(NC(C2CC2)C2CC2)=N1.O=C(O)C=CC(=O)O. The van der Waals surface area contributed by atoms with Gasteiger partial charge in [-0.3, -0.25) is 0 Å². The van der Waals surface area contributed by atoms with Crippen molar-refractivity contribution in [3.8, 4) is 0 Å². The first kappa shape index (κ1) is 15.3. The van der Waals surface area contributed by atoms with E-state index in [1.807, 2.05) is 0 Å². The molecule has 7 nitrogen and oxygen atoms in total. The number of nitrogens with zero attached hydrogens (tertiary/aromatic N) is 1. The van der Waals surface area contributed by atoms with Gasteiger partial charge in [-0.05, 0) is 37.5 Å². The molecule has 0 amide bonds. The highest BCUT2D eigenvalue weighted by atomic mass is 16.5. The number of ether oxygens (including phenoxy) is 1. The van der Waals surface area contributed by atoms with Crippen LogP contribution in [0.15, 0.2) is 17.1 Å². The molecule has 7 heteroatoms. The summed E-state index contributed by atoms with van der Waals surface area (Å²) in [5.41, 5.74) is 0. The van der Waals surface area contributed by atoms with Crippen molar-refractivity contribution in [2.24, 2.45) is 16.8 Å². The van der Waals surface area contributed by atoms with Crippen molar-refractivity contribution >= 4 is 18.0 Å². The summed E-state index contributed by atoms with van der Waals surface area (Å²) >= 11 is 0. The number of rotatable bonds is 5. The van der Waals surface area contributed by atoms with Crippen molar-refractivity contribution < 1.29 is 24.5 Å². The van der Waals surface area contributed by atoms with Gasteiger partial charge in [0.15, 0.2) is 0 Å². The summed E-state index contributed by atoms with van der Waals surface area (Å²) in [5.74, 6) is -0.682. The number of carboxylic acids is 2. The lowest BCUT2D eigenvalue weighted by Gasteiger charge is -2.17. The van der Waals surface area contributed by atoms with Crippen molar-refractivity contribution in [3.63, 3.8) is 0 Å². The van der Waals surface area contributed by atoms with E-state index in [2.05, 4.69) is 10.3 Å². The number of carbonyl (C=O) groups is 2. The molecule has 0 saturated heterocycles. The van der Waals surface area contributed by atoms with E-state index in [1.54, 1.807) is 0 Å². The Balaban J connectivity index is 0.000000177. The number of carboxylic acid groups (broad SMARTS) is 2. The second kappa shape index (κ2) is 7.10. The Morgan fingerprint density at radius 2 is 1.67 bits per heavy atom. The molecule has 1 aliphatic heterocycles. The summed E-state index contributed by atoms with van der Waals surface area (Å²) in [6, 6.07) is 1.49. The van der Waals surface area contributed by atoms with Gasteiger partial charge in [0.05, 0.1) is 6.54 Å². The molecule has 0 radical (unpaired) electrons. The molecule has 3 aliphatic rings. The minimum Gasteiger partial charge on any atom is -0.478 e. The van der Waals surface area contributed by atoms with Crippen molar-refractivity contribution in [3.05, 3.63) is 12.2 Å². The first-order valence-corrected chi connectivity index (χ1v) is 7.14. The maximum Gasteiger partial charge on any atom is 0.328 e. The van der Waals surface area contributed by atoms with Gasteiger partial charge in [0, 0.05) is 18.2 Å². The van der Waals surface area contributed by atoms with Gasteiger partial charge in [0.25, 0.3) is 6.02 Å². The molecule has 2 fully saturated rings. The standard InChI is InChI=1S/C10H16N2O.C4H4O4/c1-2-7(1)9(8-3-4-8)12-10-11-5-6-13-10;5-3(6)1-2-4(7)8/h7-9H,1-6H2,(H,11,12);1-2H,(H,5,6)(H,7,8). The zero-order valence-electron chi connectivity index (χ0n) is 11.7. The average Bonchev–Trinajstić information content (AvgIpc) is 3.36. The van der Waals surface area contributed by atoms with Crippen molar-refractivity contribution in [2.45, 2.75) is 31.7 Å². The molecule has 0 aromatic rings. The number of hydrogen-bond acceptors (Lipinski definition) is 5. The third kappa shape index (κ3) is 5.85. The zero-order chi connectivity index (χ0) is 15.2. The fourth-order valence-electron chi connectivity index (χ4n) is 2.24. The van der Waals surface area contributed by atoms with Crippen molar-refractivity contribution in [1.82, 2.24) is 5.32 Å². The lowest BCUT2D eigenvalue weighted by molar-refractivity contribution is -0.134. The van der Waals surface area contributed by atoms with Crippen LogP contribution < -0.4 is 5.32 Å². The summed E-state index contributed by atoms with van der Waals surface area (Å²) in [4.78, 5) is 23.4. The summed E-state index contributed by atoms with van der Waals surface area (Å²) in [6.45, 7) is 1.61. The predicted octanol–water partition coefficient (Wildman–Crippen LogP) is 0.863. The van der Waals surface area contributed by atoms with Gasteiger partial charge < -0.3 is 20.3 Å². The monoisotopic (exact) mass is 296 g/mol. The Morgan fingerprint density at radius 1 is 1.14 bits per heavy atom. The quantitative estimate of drug-likeness (QED) is 0.649. The minimum atomic E-state index is -1.26. The van der Waals surface area contributed by atoms with E-state index in [0.29, 0.717) is 18.2 Å². The van der Waals surface area contributed by atoms with Crippen LogP contribution in [0.25, 0.3) is 0 Å². The molecule has 0 atom stereocenters. The van der Waals surface area contributed by atoms with Crippen LogP contribution in [0.1, 0.15) is 25.7 Å². The smallest absolute Gasteiger partial charge is 0.328 e. The fraction of sp³-hybridized carbons (Fsp3) is 0.643. The molecule has 2 aliphatic carbocycles. The van der Waals surface area contributed by atoms with Crippen LogP contribution >= 0.6 is 0 Å². The summed E-state index contributed by atoms with van der Waals surface area (Å²) < 4.78 is 5.38. The first-order chi connectivity index (χ1) is 10.1. The van der Waals surface area contributed by atoms with E-state index in [9.17, 15) is 9.59 Å². The lowest BCUT2D eigenvalue weighted by Crippen LogP contribution is -2.38. The van der Waals surface area contributed by atoms with Gasteiger partial charge >= 0.3 is 11.9 Å². The van der Waals surface area contributed by atoms with Crippen LogP contribution in [0, 0.1) is 11.8 Å². The minimum absolute atomic E-state index is 0.558. The van der Waals surface area contributed by atoms with Crippen LogP contribution in [-0.4, -0.2) is 47.4 Å². The number of nitrogens with one attached hydrogen (secondary N) is 1. The largest absolute Gasteiger partial charge is 0.478 e. The molecule has 1 heterocycles. The summed E-state index contributed by atoms with van der Waals surface area (Å²) in [6.07, 6.45) is 6.73. The average molecular weight is 296 g/mol. The Kier molecular flexibility index (Phi) is 5.19. The van der Waals surface area contributed by atoms with E-state index in [-0.39, 0.29) is 0 Å². The normalized spacial score (nSPS) is 20.5. The van der Waals surface area contributed by atoms with Gasteiger partial charge in [-0.15, -0.1) is 0 Å². The highest BCUT2D eigenvalue weighted by molar-refractivity contribution is 5.89. The molecular weight excluding hydrogens is 276 g/mol. The van der Waals surface area contributed by atoms with Gasteiger partial charge in [-0.1, -0.05) is 0 Å². The maximum atomic E-state index is 9.55. The predicted molar refractivity (Wildman–Crippen MR) is 75.0 cm³/mol. The maximum absolute atomic E-state index is 9.55. The van der Waals surface area contributed by atoms with E-state index >= 15 is 0 Å². The molecule has 3 N–H and O–H groups in total. The number of aliphatic imine (C=N–C) groups is 1. The fourth-order valence-corrected chi connectivity index (χ4v) is 2.24. The van der Waals surface area contributed by atoms with Gasteiger partial charge in [-0.2, -0.15) is 0 Å². The molecule has 0 unspecified atom stereocenters. The Labute approximate surface area is 122 Å². The number of hydrogen-bond donors (Lipinski definition) is 3. The molecule has 0 aromatic heterocycles. The molecule has 2 saturated carbocycles. The Hall–Kier alpha value is -2.05.